The summed E-state index contributed by atoms with van der Waals surface area (Å²) in [5.74, 6) is 0.0646. The van der Waals surface area contributed by atoms with E-state index < -0.39 is 5.97 Å². The third-order valence-electron chi connectivity index (χ3n) is 4.21. The minimum absolute atomic E-state index is 0.0796. The van der Waals surface area contributed by atoms with Crippen LogP contribution in [0.1, 0.15) is 33.2 Å². The van der Waals surface area contributed by atoms with Gasteiger partial charge in [0.1, 0.15) is 12.4 Å². The summed E-state index contributed by atoms with van der Waals surface area (Å²) in [6, 6.07) is 22.4. The van der Waals surface area contributed by atoms with Crippen molar-refractivity contribution in [1.82, 2.24) is 0 Å². The summed E-state index contributed by atoms with van der Waals surface area (Å²) >= 11 is 0. The number of Topliss-reactive ketones (excluding diaryl/α,β-unsaturated/α-hetero) is 1. The van der Waals surface area contributed by atoms with Gasteiger partial charge in [0.2, 0.25) is 0 Å². The summed E-state index contributed by atoms with van der Waals surface area (Å²) in [6.07, 6.45) is 0. The van der Waals surface area contributed by atoms with Crippen LogP contribution >= 0.6 is 0 Å². The van der Waals surface area contributed by atoms with Crippen molar-refractivity contribution in [2.75, 3.05) is 7.11 Å². The minimum Gasteiger partial charge on any atom is -0.488 e. The number of hydrogen-bond acceptors (Lipinski definition) is 4. The van der Waals surface area contributed by atoms with E-state index in [1.807, 2.05) is 42.5 Å². The molecule has 0 heterocycles. The minimum atomic E-state index is -0.397. The smallest absolute Gasteiger partial charge is 0.337 e. The lowest BCUT2D eigenvalue weighted by Gasteiger charge is -2.12. The molecule has 0 aliphatic rings. The molecule has 0 N–H and O–H groups in total. The first-order valence-corrected chi connectivity index (χ1v) is 8.59. The van der Waals surface area contributed by atoms with Crippen LogP contribution in [0.3, 0.4) is 0 Å². The Morgan fingerprint density at radius 2 is 1.59 bits per heavy atom. The summed E-state index contributed by atoms with van der Waals surface area (Å²) in [5, 5.41) is 0. The number of carbonyl (C=O) groups is 2. The second kappa shape index (κ2) is 8.32. The van der Waals surface area contributed by atoms with E-state index in [1.165, 1.54) is 14.0 Å². The Kier molecular flexibility index (Phi) is 5.67. The topological polar surface area (TPSA) is 52.6 Å². The normalized spacial score (nSPS) is 10.3. The molecule has 3 aromatic rings. The molecule has 136 valence electrons. The second-order valence-corrected chi connectivity index (χ2v) is 6.11. The summed E-state index contributed by atoms with van der Waals surface area (Å²) in [7, 11) is 1.35. The molecule has 0 unspecified atom stereocenters. The van der Waals surface area contributed by atoms with Crippen molar-refractivity contribution >= 4 is 11.8 Å². The van der Waals surface area contributed by atoms with Crippen molar-refractivity contribution < 1.29 is 19.1 Å². The first-order chi connectivity index (χ1) is 13.1. The van der Waals surface area contributed by atoms with E-state index in [9.17, 15) is 9.59 Å². The van der Waals surface area contributed by atoms with Crippen molar-refractivity contribution in [2.45, 2.75) is 13.5 Å². The van der Waals surface area contributed by atoms with Gasteiger partial charge >= 0.3 is 5.97 Å². The fourth-order valence-corrected chi connectivity index (χ4v) is 2.79. The Bertz CT molecular complexity index is 961. The Morgan fingerprint density at radius 3 is 2.30 bits per heavy atom. The van der Waals surface area contributed by atoms with Crippen LogP contribution in [-0.2, 0) is 11.3 Å². The number of ether oxygens (including phenoxy) is 2. The molecule has 3 rings (SSSR count). The van der Waals surface area contributed by atoms with E-state index in [4.69, 9.17) is 9.47 Å². The van der Waals surface area contributed by atoms with E-state index in [2.05, 4.69) is 0 Å². The van der Waals surface area contributed by atoms with E-state index in [0.29, 0.717) is 23.5 Å². The van der Waals surface area contributed by atoms with Crippen LogP contribution in [0.5, 0.6) is 5.75 Å². The quantitative estimate of drug-likeness (QED) is 0.462. The van der Waals surface area contributed by atoms with Crippen LogP contribution in [-0.4, -0.2) is 18.9 Å². The lowest BCUT2D eigenvalue weighted by Crippen LogP contribution is -2.03. The van der Waals surface area contributed by atoms with Gasteiger partial charge in [-0.2, -0.15) is 0 Å². The molecule has 0 saturated heterocycles. The zero-order chi connectivity index (χ0) is 19.2. The van der Waals surface area contributed by atoms with Gasteiger partial charge in [-0.05, 0) is 47.9 Å². The number of hydrogen-bond donors (Lipinski definition) is 0. The van der Waals surface area contributed by atoms with Gasteiger partial charge in [0, 0.05) is 0 Å². The Hall–Kier alpha value is -3.40. The SMILES string of the molecule is COC(=O)c1cccc(-c2ccc(OCc3ccccc3)c(C(C)=O)c2)c1. The number of benzene rings is 3. The predicted octanol–water partition coefficient (Wildman–Crippen LogP) is 4.92. The van der Waals surface area contributed by atoms with Crippen LogP contribution in [0.2, 0.25) is 0 Å². The number of carbonyl (C=O) groups excluding carboxylic acids is 2. The van der Waals surface area contributed by atoms with E-state index in [0.717, 1.165) is 16.7 Å². The van der Waals surface area contributed by atoms with Crippen LogP contribution in [0, 0.1) is 0 Å². The molecular weight excluding hydrogens is 340 g/mol. The van der Waals surface area contributed by atoms with Gasteiger partial charge in [0.25, 0.3) is 0 Å². The monoisotopic (exact) mass is 360 g/mol. The molecule has 27 heavy (non-hydrogen) atoms. The van der Waals surface area contributed by atoms with Crippen molar-refractivity contribution in [1.29, 1.82) is 0 Å². The van der Waals surface area contributed by atoms with Crippen molar-refractivity contribution in [2.24, 2.45) is 0 Å². The molecule has 0 bridgehead atoms. The van der Waals surface area contributed by atoms with Gasteiger partial charge in [0.15, 0.2) is 5.78 Å². The summed E-state index contributed by atoms with van der Waals surface area (Å²) in [4.78, 5) is 23.9. The molecule has 0 aliphatic heterocycles. The maximum Gasteiger partial charge on any atom is 0.337 e. The maximum atomic E-state index is 12.1. The number of ketones is 1. The van der Waals surface area contributed by atoms with Crippen LogP contribution < -0.4 is 4.74 Å². The molecule has 0 atom stereocenters. The molecule has 0 aromatic heterocycles. The summed E-state index contributed by atoms with van der Waals surface area (Å²) in [5.41, 5.74) is 3.66. The summed E-state index contributed by atoms with van der Waals surface area (Å²) in [6.45, 7) is 1.90. The average molecular weight is 360 g/mol. The van der Waals surface area contributed by atoms with Crippen LogP contribution in [0.15, 0.2) is 72.8 Å². The molecule has 4 nitrogen and oxygen atoms in total. The Balaban J connectivity index is 1.90. The molecule has 0 fully saturated rings. The van der Waals surface area contributed by atoms with Crippen molar-refractivity contribution in [3.8, 4) is 16.9 Å². The molecule has 0 aliphatic carbocycles. The third-order valence-corrected chi connectivity index (χ3v) is 4.21. The second-order valence-electron chi connectivity index (χ2n) is 6.11. The van der Waals surface area contributed by atoms with Gasteiger partial charge in [-0.25, -0.2) is 4.79 Å². The fourth-order valence-electron chi connectivity index (χ4n) is 2.79. The molecule has 0 spiro atoms. The molecule has 3 aromatic carbocycles. The lowest BCUT2D eigenvalue weighted by molar-refractivity contribution is 0.0600. The average Bonchev–Trinajstić information content (AvgIpc) is 2.72. The molecular formula is C23H20O4. The molecule has 0 saturated carbocycles. The van der Waals surface area contributed by atoms with Crippen molar-refractivity contribution in [3.05, 3.63) is 89.5 Å². The van der Waals surface area contributed by atoms with Crippen LogP contribution in [0.25, 0.3) is 11.1 Å². The van der Waals surface area contributed by atoms with Gasteiger partial charge in [-0.15, -0.1) is 0 Å². The largest absolute Gasteiger partial charge is 0.488 e. The Morgan fingerprint density at radius 1 is 0.852 bits per heavy atom. The zero-order valence-corrected chi connectivity index (χ0v) is 15.3. The highest BCUT2D eigenvalue weighted by molar-refractivity contribution is 5.98. The number of methoxy groups -OCH3 is 1. The lowest BCUT2D eigenvalue weighted by atomic mass is 9.99. The van der Waals surface area contributed by atoms with Gasteiger partial charge < -0.3 is 9.47 Å². The molecule has 0 amide bonds. The Labute approximate surface area is 158 Å². The highest BCUT2D eigenvalue weighted by atomic mass is 16.5. The van der Waals surface area contributed by atoms with E-state index in [-0.39, 0.29) is 5.78 Å². The predicted molar refractivity (Wildman–Crippen MR) is 104 cm³/mol. The fraction of sp³-hybridized carbons (Fsp3) is 0.130. The third kappa shape index (κ3) is 4.42. The first kappa shape index (κ1) is 18.4. The van der Waals surface area contributed by atoms with E-state index in [1.54, 1.807) is 30.3 Å². The summed E-state index contributed by atoms with van der Waals surface area (Å²) < 4.78 is 10.6. The highest BCUT2D eigenvalue weighted by Gasteiger charge is 2.12. The number of esters is 1. The molecule has 0 radical (unpaired) electrons. The van der Waals surface area contributed by atoms with Gasteiger partial charge in [-0.3, -0.25) is 4.79 Å². The zero-order valence-electron chi connectivity index (χ0n) is 15.3. The molecule has 4 heteroatoms. The first-order valence-electron chi connectivity index (χ1n) is 8.59. The van der Waals surface area contributed by atoms with Crippen molar-refractivity contribution in [3.63, 3.8) is 0 Å². The van der Waals surface area contributed by atoms with E-state index >= 15 is 0 Å². The number of rotatable bonds is 6. The van der Waals surface area contributed by atoms with Gasteiger partial charge in [0.05, 0.1) is 18.2 Å². The standard InChI is InChI=1S/C23H20O4/c1-16(24)21-14-19(18-9-6-10-20(13-18)23(25)26-2)11-12-22(21)27-15-17-7-4-3-5-8-17/h3-14H,15H2,1-2H3. The highest BCUT2D eigenvalue weighted by Crippen LogP contribution is 2.28. The van der Waals surface area contributed by atoms with Gasteiger partial charge in [-0.1, -0.05) is 48.5 Å². The maximum absolute atomic E-state index is 12.1. The van der Waals surface area contributed by atoms with Crippen LogP contribution in [0.4, 0.5) is 0 Å².